The van der Waals surface area contributed by atoms with Crippen molar-refractivity contribution in [2.45, 2.75) is 77.2 Å². The van der Waals surface area contributed by atoms with Crippen LogP contribution in [0.15, 0.2) is 48.6 Å². The van der Waals surface area contributed by atoms with Crippen molar-refractivity contribution in [1.82, 2.24) is 5.32 Å². The normalized spacial score (nSPS) is 13.4. The topological polar surface area (TPSA) is 49.3 Å². The molecular weight excluding hydrogens is 341 g/mol. The van der Waals surface area contributed by atoms with Gasteiger partial charge in [0.2, 0.25) is 5.91 Å². The lowest BCUT2D eigenvalue weighted by molar-refractivity contribution is -0.121. The van der Waals surface area contributed by atoms with E-state index >= 15 is 0 Å². The standard InChI is InChI=1S/C23H38FNO2/c1-2-3-4-5-6-7-8-9-10-11-12-13-14-15-16-17-18-19-23(27)25-21-22(26)20-24/h6-7,9-10,12-13,15-16,22,26H,2-5,8,11,14,17-21H2,1H3,(H,25,27)/b7-6-,10-9-,13-12-,16-15-. The summed E-state index contributed by atoms with van der Waals surface area (Å²) in [7, 11) is 0. The Morgan fingerprint density at radius 2 is 1.41 bits per heavy atom. The molecule has 154 valence electrons. The van der Waals surface area contributed by atoms with Crippen molar-refractivity contribution in [2.24, 2.45) is 0 Å². The number of aliphatic hydroxyl groups is 1. The highest BCUT2D eigenvalue weighted by Gasteiger charge is 2.05. The van der Waals surface area contributed by atoms with Gasteiger partial charge in [-0.2, -0.15) is 0 Å². The van der Waals surface area contributed by atoms with Crippen LogP contribution in [-0.2, 0) is 4.79 Å². The van der Waals surface area contributed by atoms with Gasteiger partial charge >= 0.3 is 0 Å². The molecule has 0 aromatic carbocycles. The zero-order chi connectivity index (χ0) is 20.0. The minimum Gasteiger partial charge on any atom is -0.389 e. The maximum atomic E-state index is 12.0. The van der Waals surface area contributed by atoms with Gasteiger partial charge in [-0.05, 0) is 44.9 Å². The van der Waals surface area contributed by atoms with Gasteiger partial charge < -0.3 is 10.4 Å². The molecule has 0 aromatic rings. The molecule has 0 aliphatic rings. The van der Waals surface area contributed by atoms with Crippen LogP contribution in [0.3, 0.4) is 0 Å². The number of hydrogen-bond donors (Lipinski definition) is 2. The van der Waals surface area contributed by atoms with Crippen molar-refractivity contribution in [1.29, 1.82) is 0 Å². The first kappa shape index (κ1) is 25.3. The molecule has 0 heterocycles. The summed E-state index contributed by atoms with van der Waals surface area (Å²) in [6.07, 6.45) is 26.3. The van der Waals surface area contributed by atoms with Crippen LogP contribution in [0.4, 0.5) is 4.39 Å². The Hall–Kier alpha value is -1.68. The van der Waals surface area contributed by atoms with E-state index in [0.29, 0.717) is 6.42 Å². The third-order valence-corrected chi connectivity index (χ3v) is 3.95. The van der Waals surface area contributed by atoms with E-state index in [1.54, 1.807) is 0 Å². The van der Waals surface area contributed by atoms with Crippen molar-refractivity contribution in [3.05, 3.63) is 48.6 Å². The fraction of sp³-hybridized carbons (Fsp3) is 0.609. The Balaban J connectivity index is 3.49. The van der Waals surface area contributed by atoms with Gasteiger partial charge in [-0.1, -0.05) is 68.4 Å². The minimum atomic E-state index is -1.09. The lowest BCUT2D eigenvalue weighted by Crippen LogP contribution is -2.32. The first-order chi connectivity index (χ1) is 13.2. The Morgan fingerprint density at radius 1 is 0.889 bits per heavy atom. The summed E-state index contributed by atoms with van der Waals surface area (Å²) < 4.78 is 12.0. The van der Waals surface area contributed by atoms with E-state index in [1.807, 2.05) is 0 Å². The van der Waals surface area contributed by atoms with E-state index in [4.69, 9.17) is 5.11 Å². The third kappa shape index (κ3) is 20.5. The predicted octanol–water partition coefficient (Wildman–Crippen LogP) is 5.58. The molecule has 1 atom stereocenters. The second-order valence-corrected chi connectivity index (χ2v) is 6.59. The molecule has 0 saturated carbocycles. The van der Waals surface area contributed by atoms with Crippen molar-refractivity contribution in [3.63, 3.8) is 0 Å². The zero-order valence-corrected chi connectivity index (χ0v) is 16.9. The van der Waals surface area contributed by atoms with Gasteiger partial charge in [0.25, 0.3) is 0 Å². The van der Waals surface area contributed by atoms with Crippen molar-refractivity contribution in [3.8, 4) is 0 Å². The average Bonchev–Trinajstić information content (AvgIpc) is 2.68. The molecule has 0 spiro atoms. The molecule has 4 heteroatoms. The predicted molar refractivity (Wildman–Crippen MR) is 113 cm³/mol. The van der Waals surface area contributed by atoms with Gasteiger partial charge in [-0.15, -0.1) is 0 Å². The van der Waals surface area contributed by atoms with Crippen LogP contribution in [0, 0.1) is 0 Å². The van der Waals surface area contributed by atoms with Crippen LogP contribution in [0.2, 0.25) is 0 Å². The smallest absolute Gasteiger partial charge is 0.220 e. The summed E-state index contributed by atoms with van der Waals surface area (Å²) in [5.74, 6) is -0.140. The van der Waals surface area contributed by atoms with Crippen molar-refractivity contribution >= 4 is 5.91 Å². The van der Waals surface area contributed by atoms with E-state index in [0.717, 1.165) is 32.1 Å². The highest BCUT2D eigenvalue weighted by Crippen LogP contribution is 2.01. The highest BCUT2D eigenvalue weighted by atomic mass is 19.1. The van der Waals surface area contributed by atoms with Gasteiger partial charge in [0.05, 0.1) is 6.10 Å². The second kappa shape index (κ2) is 20.6. The number of nitrogens with one attached hydrogen (secondary N) is 1. The maximum absolute atomic E-state index is 12.0. The Bertz CT molecular complexity index is 455. The molecular formula is C23H38FNO2. The third-order valence-electron chi connectivity index (χ3n) is 3.95. The monoisotopic (exact) mass is 379 g/mol. The molecule has 0 bridgehead atoms. The summed E-state index contributed by atoms with van der Waals surface area (Å²) >= 11 is 0. The van der Waals surface area contributed by atoms with Gasteiger partial charge in [0.1, 0.15) is 6.67 Å². The molecule has 0 aliphatic heterocycles. The molecule has 0 rings (SSSR count). The molecule has 3 nitrogen and oxygen atoms in total. The van der Waals surface area contributed by atoms with Gasteiger partial charge in [0.15, 0.2) is 0 Å². The lowest BCUT2D eigenvalue weighted by atomic mass is 10.2. The van der Waals surface area contributed by atoms with E-state index in [-0.39, 0.29) is 12.5 Å². The Morgan fingerprint density at radius 3 is 1.93 bits per heavy atom. The largest absolute Gasteiger partial charge is 0.389 e. The number of unbranched alkanes of at least 4 members (excludes halogenated alkanes) is 4. The number of carbonyl (C=O) groups excluding carboxylic acids is 1. The molecule has 1 amide bonds. The summed E-state index contributed by atoms with van der Waals surface area (Å²) in [6, 6.07) is 0. The molecule has 0 aromatic heterocycles. The molecule has 27 heavy (non-hydrogen) atoms. The number of alkyl halides is 1. The van der Waals surface area contributed by atoms with Crippen LogP contribution in [-0.4, -0.2) is 30.3 Å². The molecule has 2 N–H and O–H groups in total. The first-order valence-corrected chi connectivity index (χ1v) is 10.3. The van der Waals surface area contributed by atoms with Crippen LogP contribution in [0.25, 0.3) is 0 Å². The minimum absolute atomic E-state index is 0.0142. The Labute approximate surface area is 165 Å². The van der Waals surface area contributed by atoms with Crippen molar-refractivity contribution < 1.29 is 14.3 Å². The number of halogens is 1. The van der Waals surface area contributed by atoms with Crippen LogP contribution < -0.4 is 5.32 Å². The van der Waals surface area contributed by atoms with Crippen molar-refractivity contribution in [2.75, 3.05) is 13.2 Å². The first-order valence-electron chi connectivity index (χ1n) is 10.3. The van der Waals surface area contributed by atoms with E-state index < -0.39 is 12.8 Å². The Kier molecular flexibility index (Phi) is 19.3. The molecule has 0 saturated heterocycles. The van der Waals surface area contributed by atoms with E-state index in [2.05, 4.69) is 60.8 Å². The maximum Gasteiger partial charge on any atom is 0.220 e. The number of rotatable bonds is 17. The number of aliphatic hydroxyl groups excluding tert-OH is 1. The summed E-state index contributed by atoms with van der Waals surface area (Å²) in [5.41, 5.74) is 0. The molecule has 0 aliphatic carbocycles. The zero-order valence-electron chi connectivity index (χ0n) is 16.9. The number of allylic oxidation sites excluding steroid dienone is 8. The van der Waals surface area contributed by atoms with E-state index in [1.165, 1.54) is 25.7 Å². The average molecular weight is 380 g/mol. The quantitative estimate of drug-likeness (QED) is 0.256. The van der Waals surface area contributed by atoms with Gasteiger partial charge in [-0.25, -0.2) is 4.39 Å². The summed E-state index contributed by atoms with van der Waals surface area (Å²) in [5, 5.41) is 11.5. The summed E-state index contributed by atoms with van der Waals surface area (Å²) in [4.78, 5) is 11.4. The van der Waals surface area contributed by atoms with Crippen LogP contribution in [0.5, 0.6) is 0 Å². The fourth-order valence-corrected chi connectivity index (χ4v) is 2.32. The second-order valence-electron chi connectivity index (χ2n) is 6.59. The number of amides is 1. The fourth-order valence-electron chi connectivity index (χ4n) is 2.32. The van der Waals surface area contributed by atoms with Gasteiger partial charge in [0, 0.05) is 13.0 Å². The van der Waals surface area contributed by atoms with Gasteiger partial charge in [-0.3, -0.25) is 4.79 Å². The summed E-state index contributed by atoms with van der Waals surface area (Å²) in [6.45, 7) is 1.38. The molecule has 0 radical (unpaired) electrons. The van der Waals surface area contributed by atoms with Crippen LogP contribution in [0.1, 0.15) is 71.1 Å². The number of carbonyl (C=O) groups is 1. The van der Waals surface area contributed by atoms with Crippen LogP contribution >= 0.6 is 0 Å². The number of hydrogen-bond acceptors (Lipinski definition) is 2. The van der Waals surface area contributed by atoms with E-state index in [9.17, 15) is 9.18 Å². The molecule has 1 unspecified atom stereocenters. The highest BCUT2D eigenvalue weighted by molar-refractivity contribution is 5.75. The lowest BCUT2D eigenvalue weighted by Gasteiger charge is -2.07. The SMILES string of the molecule is CCCCC/C=C\C/C=C\C/C=C\C/C=C\CCCC(=O)NCC(O)CF. The molecule has 0 fully saturated rings.